The molecule has 110 valence electrons. The summed E-state index contributed by atoms with van der Waals surface area (Å²) in [6.07, 6.45) is 0.277. The van der Waals surface area contributed by atoms with Gasteiger partial charge < -0.3 is 9.80 Å². The van der Waals surface area contributed by atoms with Crippen molar-refractivity contribution >= 4 is 21.7 Å². The summed E-state index contributed by atoms with van der Waals surface area (Å²) >= 11 is 0. The monoisotopic (exact) mass is 290 g/mol. The minimum absolute atomic E-state index is 0.00863. The topological polar surface area (TPSA) is 74.8 Å². The quantitative estimate of drug-likeness (QED) is 0.662. The normalized spacial score (nSPS) is 21.1. The Balaban J connectivity index is 2.56. The van der Waals surface area contributed by atoms with Crippen LogP contribution in [-0.2, 0) is 19.4 Å². The van der Waals surface area contributed by atoms with Gasteiger partial charge in [-0.2, -0.15) is 0 Å². The van der Waals surface area contributed by atoms with Crippen LogP contribution in [0.15, 0.2) is 0 Å². The minimum Gasteiger partial charge on any atom is -0.343 e. The molecule has 0 saturated carbocycles. The van der Waals surface area contributed by atoms with Gasteiger partial charge in [0, 0.05) is 26.2 Å². The fourth-order valence-electron chi connectivity index (χ4n) is 2.23. The van der Waals surface area contributed by atoms with Crippen LogP contribution < -0.4 is 0 Å². The van der Waals surface area contributed by atoms with E-state index >= 15 is 0 Å². The summed E-state index contributed by atoms with van der Waals surface area (Å²) in [7, 11) is -1.44. The lowest BCUT2D eigenvalue weighted by Gasteiger charge is -2.25. The molecule has 0 aromatic rings. The average Bonchev–Trinajstić information content (AvgIpc) is 2.70. The molecule has 2 amide bonds. The van der Waals surface area contributed by atoms with Crippen molar-refractivity contribution in [1.29, 1.82) is 0 Å². The third-order valence-electron chi connectivity index (χ3n) is 3.57. The Hall–Kier alpha value is -1.11. The number of nitrogens with zero attached hydrogens (tertiary/aromatic N) is 2. The molecule has 0 radical (unpaired) electrons. The smallest absolute Gasteiger partial charge is 0.232 e. The maximum absolute atomic E-state index is 12.0. The van der Waals surface area contributed by atoms with Gasteiger partial charge in [-0.25, -0.2) is 8.42 Å². The second-order valence-electron chi connectivity index (χ2n) is 4.80. The van der Waals surface area contributed by atoms with E-state index in [0.29, 0.717) is 19.5 Å². The first-order chi connectivity index (χ1) is 8.80. The SMILES string of the molecule is CCN(CC)C(=O)CC(=O)N(C)C1CCS(=O)(=O)C1. The highest BCUT2D eigenvalue weighted by Crippen LogP contribution is 2.17. The number of amides is 2. The fraction of sp³-hybridized carbons (Fsp3) is 0.833. The van der Waals surface area contributed by atoms with E-state index in [-0.39, 0.29) is 35.8 Å². The second-order valence-corrected chi connectivity index (χ2v) is 7.03. The first-order valence-corrected chi connectivity index (χ1v) is 8.36. The van der Waals surface area contributed by atoms with Gasteiger partial charge in [0.05, 0.1) is 11.5 Å². The number of rotatable bonds is 5. The summed E-state index contributed by atoms with van der Waals surface area (Å²) < 4.78 is 22.8. The molecule has 1 aliphatic rings. The molecule has 1 atom stereocenters. The molecular weight excluding hydrogens is 268 g/mol. The average molecular weight is 290 g/mol. The van der Waals surface area contributed by atoms with Gasteiger partial charge in [0.2, 0.25) is 11.8 Å². The predicted molar refractivity (Wildman–Crippen MR) is 72.4 cm³/mol. The maximum atomic E-state index is 12.0. The Bertz CT molecular complexity index is 443. The largest absolute Gasteiger partial charge is 0.343 e. The number of carbonyl (C=O) groups excluding carboxylic acids is 2. The zero-order chi connectivity index (χ0) is 14.6. The zero-order valence-corrected chi connectivity index (χ0v) is 12.6. The van der Waals surface area contributed by atoms with Crippen molar-refractivity contribution in [2.75, 3.05) is 31.6 Å². The number of hydrogen-bond donors (Lipinski definition) is 0. The Morgan fingerprint density at radius 2 is 1.74 bits per heavy atom. The summed E-state index contributed by atoms with van der Waals surface area (Å²) in [5.74, 6) is -0.379. The van der Waals surface area contributed by atoms with Gasteiger partial charge in [-0.3, -0.25) is 9.59 Å². The van der Waals surface area contributed by atoms with E-state index in [2.05, 4.69) is 0 Å². The van der Waals surface area contributed by atoms with Crippen molar-refractivity contribution < 1.29 is 18.0 Å². The van der Waals surface area contributed by atoms with Crippen LogP contribution >= 0.6 is 0 Å². The van der Waals surface area contributed by atoms with Gasteiger partial charge >= 0.3 is 0 Å². The molecule has 0 aliphatic carbocycles. The Kier molecular flexibility index (Phi) is 5.34. The highest BCUT2D eigenvalue weighted by atomic mass is 32.2. The van der Waals surface area contributed by atoms with Gasteiger partial charge in [0.1, 0.15) is 6.42 Å². The van der Waals surface area contributed by atoms with Crippen LogP contribution in [0, 0.1) is 0 Å². The minimum atomic E-state index is -3.02. The molecule has 0 aromatic heterocycles. The van der Waals surface area contributed by atoms with Crippen molar-refractivity contribution in [3.05, 3.63) is 0 Å². The van der Waals surface area contributed by atoms with E-state index < -0.39 is 9.84 Å². The lowest BCUT2D eigenvalue weighted by Crippen LogP contribution is -2.41. The number of hydrogen-bond acceptors (Lipinski definition) is 4. The van der Waals surface area contributed by atoms with Crippen LogP contribution in [0.3, 0.4) is 0 Å². The summed E-state index contributed by atoms with van der Waals surface area (Å²) in [6.45, 7) is 4.87. The van der Waals surface area contributed by atoms with Crippen LogP contribution in [-0.4, -0.2) is 67.7 Å². The lowest BCUT2D eigenvalue weighted by atomic mass is 10.2. The van der Waals surface area contributed by atoms with E-state index in [1.165, 1.54) is 4.90 Å². The molecule has 19 heavy (non-hydrogen) atoms. The summed E-state index contributed by atoms with van der Waals surface area (Å²) in [6, 6.07) is -0.290. The van der Waals surface area contributed by atoms with Gasteiger partial charge in [0.15, 0.2) is 9.84 Å². The van der Waals surface area contributed by atoms with E-state index in [0.717, 1.165) is 0 Å². The standard InChI is InChI=1S/C12H22N2O4S/c1-4-14(5-2)12(16)8-11(15)13(3)10-6-7-19(17,18)9-10/h10H,4-9H2,1-3H3. The van der Waals surface area contributed by atoms with Crippen molar-refractivity contribution in [1.82, 2.24) is 9.80 Å². The van der Waals surface area contributed by atoms with Gasteiger partial charge in [-0.1, -0.05) is 0 Å². The van der Waals surface area contributed by atoms with E-state index in [1.54, 1.807) is 11.9 Å². The maximum Gasteiger partial charge on any atom is 0.232 e. The molecule has 1 rings (SSSR count). The zero-order valence-electron chi connectivity index (χ0n) is 11.8. The van der Waals surface area contributed by atoms with Crippen LogP contribution in [0.5, 0.6) is 0 Å². The summed E-state index contributed by atoms with van der Waals surface area (Å²) in [4.78, 5) is 26.8. The van der Waals surface area contributed by atoms with Crippen molar-refractivity contribution in [3.63, 3.8) is 0 Å². The second kappa shape index (κ2) is 6.36. The van der Waals surface area contributed by atoms with E-state index in [1.807, 2.05) is 13.8 Å². The molecule has 0 bridgehead atoms. The molecule has 0 N–H and O–H groups in total. The van der Waals surface area contributed by atoms with Crippen LogP contribution in [0.4, 0.5) is 0 Å². The molecule has 0 spiro atoms. The molecule has 1 aliphatic heterocycles. The Labute approximate surface area is 114 Å². The molecule has 1 saturated heterocycles. The third-order valence-corrected chi connectivity index (χ3v) is 5.32. The highest BCUT2D eigenvalue weighted by molar-refractivity contribution is 7.91. The molecule has 6 nitrogen and oxygen atoms in total. The Morgan fingerprint density at radius 3 is 2.16 bits per heavy atom. The predicted octanol–water partition coefficient (Wildman–Crippen LogP) is -0.110. The van der Waals surface area contributed by atoms with Crippen LogP contribution in [0.1, 0.15) is 26.7 Å². The van der Waals surface area contributed by atoms with Gasteiger partial charge in [0.25, 0.3) is 0 Å². The fourth-order valence-corrected chi connectivity index (χ4v) is 4.00. The van der Waals surface area contributed by atoms with Crippen molar-refractivity contribution in [2.24, 2.45) is 0 Å². The highest BCUT2D eigenvalue weighted by Gasteiger charge is 2.33. The van der Waals surface area contributed by atoms with E-state index in [9.17, 15) is 18.0 Å². The number of carbonyl (C=O) groups is 2. The lowest BCUT2D eigenvalue weighted by molar-refractivity contribution is -0.140. The molecule has 7 heteroatoms. The van der Waals surface area contributed by atoms with Crippen LogP contribution in [0.2, 0.25) is 0 Å². The molecule has 1 heterocycles. The van der Waals surface area contributed by atoms with Gasteiger partial charge in [-0.15, -0.1) is 0 Å². The molecule has 1 unspecified atom stereocenters. The first kappa shape index (κ1) is 15.9. The van der Waals surface area contributed by atoms with Gasteiger partial charge in [-0.05, 0) is 20.3 Å². The van der Waals surface area contributed by atoms with E-state index in [4.69, 9.17) is 0 Å². The third kappa shape index (κ3) is 4.19. The molecular formula is C12H22N2O4S. The summed E-state index contributed by atoms with van der Waals surface area (Å²) in [5.41, 5.74) is 0. The summed E-state index contributed by atoms with van der Waals surface area (Å²) in [5, 5.41) is 0. The first-order valence-electron chi connectivity index (χ1n) is 6.54. The van der Waals surface area contributed by atoms with Crippen molar-refractivity contribution in [2.45, 2.75) is 32.7 Å². The number of sulfone groups is 1. The molecule has 0 aromatic carbocycles. The Morgan fingerprint density at radius 1 is 1.16 bits per heavy atom. The van der Waals surface area contributed by atoms with Crippen molar-refractivity contribution in [3.8, 4) is 0 Å². The van der Waals surface area contributed by atoms with Crippen LogP contribution in [0.25, 0.3) is 0 Å². The molecule has 1 fully saturated rings.